The van der Waals surface area contributed by atoms with Crippen LogP contribution in [0.15, 0.2) is 24.3 Å². The molecule has 1 unspecified atom stereocenters. The highest BCUT2D eigenvalue weighted by atomic mass is 35.5. The van der Waals surface area contributed by atoms with Crippen LogP contribution in [0.2, 0.25) is 0 Å². The van der Waals surface area contributed by atoms with Crippen molar-refractivity contribution in [2.45, 2.75) is 23.8 Å². The standard InChI is InChI=1S/C12H12Cl4N2/c1-9-2-4-10(5-3-9)12(14,15)18(16)11(8-13)6-7-17/h2-5,11H,6,8H2,1H3. The molecule has 0 fully saturated rings. The van der Waals surface area contributed by atoms with Crippen LogP contribution in [0.5, 0.6) is 0 Å². The number of halogens is 4. The molecule has 0 saturated carbocycles. The molecule has 0 radical (unpaired) electrons. The molecule has 0 spiro atoms. The largest absolute Gasteiger partial charge is 0.210 e. The zero-order valence-electron chi connectivity index (χ0n) is 9.71. The molecule has 0 saturated heterocycles. The highest BCUT2D eigenvalue weighted by molar-refractivity contribution is 6.49. The maximum atomic E-state index is 8.71. The van der Waals surface area contributed by atoms with Crippen molar-refractivity contribution in [1.82, 2.24) is 4.42 Å². The minimum atomic E-state index is -1.42. The van der Waals surface area contributed by atoms with Crippen LogP contribution in [0.25, 0.3) is 0 Å². The van der Waals surface area contributed by atoms with Crippen LogP contribution in [-0.2, 0) is 4.46 Å². The van der Waals surface area contributed by atoms with Crippen molar-refractivity contribution in [1.29, 1.82) is 5.26 Å². The molecule has 0 N–H and O–H groups in total. The van der Waals surface area contributed by atoms with E-state index in [1.54, 1.807) is 12.1 Å². The Balaban J connectivity index is 2.97. The number of aryl methyl sites for hydroxylation is 1. The fraction of sp³-hybridized carbons (Fsp3) is 0.417. The molecule has 0 aliphatic carbocycles. The molecule has 18 heavy (non-hydrogen) atoms. The van der Waals surface area contributed by atoms with E-state index in [0.29, 0.717) is 5.56 Å². The van der Waals surface area contributed by atoms with E-state index in [1.165, 1.54) is 4.42 Å². The van der Waals surface area contributed by atoms with E-state index in [4.69, 9.17) is 51.8 Å². The number of alkyl halides is 3. The van der Waals surface area contributed by atoms with Crippen LogP contribution >= 0.6 is 46.6 Å². The van der Waals surface area contributed by atoms with Gasteiger partial charge in [0.05, 0.1) is 18.5 Å². The third-order valence-corrected chi connectivity index (χ3v) is 4.35. The smallest absolute Gasteiger partial charge is 0.198 e. The lowest BCUT2D eigenvalue weighted by molar-refractivity contribution is 0.315. The molecule has 1 rings (SSSR count). The summed E-state index contributed by atoms with van der Waals surface area (Å²) in [5, 5.41) is 8.71. The Morgan fingerprint density at radius 2 is 1.89 bits per heavy atom. The van der Waals surface area contributed by atoms with Crippen molar-refractivity contribution < 1.29 is 0 Å². The van der Waals surface area contributed by atoms with Crippen molar-refractivity contribution in [2.75, 3.05) is 5.88 Å². The van der Waals surface area contributed by atoms with Crippen LogP contribution < -0.4 is 0 Å². The average Bonchev–Trinajstić information content (AvgIpc) is 2.35. The Hall–Kier alpha value is -0.170. The van der Waals surface area contributed by atoms with Crippen molar-refractivity contribution in [3.05, 3.63) is 35.4 Å². The number of hydrogen-bond acceptors (Lipinski definition) is 2. The summed E-state index contributed by atoms with van der Waals surface area (Å²) in [6.07, 6.45) is 0.153. The summed E-state index contributed by atoms with van der Waals surface area (Å²) in [4.78, 5) is 0. The highest BCUT2D eigenvalue weighted by Gasteiger charge is 2.37. The molecule has 1 aromatic carbocycles. The van der Waals surface area contributed by atoms with Crippen molar-refractivity contribution in [3.8, 4) is 6.07 Å². The minimum absolute atomic E-state index is 0.153. The first-order valence-electron chi connectivity index (χ1n) is 5.26. The lowest BCUT2D eigenvalue weighted by atomic mass is 10.1. The molecule has 0 amide bonds. The lowest BCUT2D eigenvalue weighted by Crippen LogP contribution is -2.39. The molecule has 2 nitrogen and oxygen atoms in total. The number of benzene rings is 1. The monoisotopic (exact) mass is 324 g/mol. The molecule has 6 heteroatoms. The number of hydrogen-bond donors (Lipinski definition) is 0. The summed E-state index contributed by atoms with van der Waals surface area (Å²) in [5.74, 6) is 0.171. The molecular weight excluding hydrogens is 314 g/mol. The van der Waals surface area contributed by atoms with Crippen LogP contribution in [0.3, 0.4) is 0 Å². The van der Waals surface area contributed by atoms with Gasteiger partial charge in [0.25, 0.3) is 0 Å². The lowest BCUT2D eigenvalue weighted by Gasteiger charge is -2.33. The van der Waals surface area contributed by atoms with E-state index in [1.807, 2.05) is 25.1 Å². The molecule has 1 aromatic rings. The van der Waals surface area contributed by atoms with Gasteiger partial charge in [0.15, 0.2) is 0 Å². The zero-order valence-corrected chi connectivity index (χ0v) is 12.7. The Bertz CT molecular complexity index is 425. The highest BCUT2D eigenvalue weighted by Crippen LogP contribution is 2.41. The van der Waals surface area contributed by atoms with Crippen LogP contribution in [0.4, 0.5) is 0 Å². The van der Waals surface area contributed by atoms with Gasteiger partial charge in [-0.15, -0.1) is 11.6 Å². The Morgan fingerprint density at radius 1 is 1.33 bits per heavy atom. The molecule has 1 atom stereocenters. The summed E-state index contributed by atoms with van der Waals surface area (Å²) in [5.41, 5.74) is 1.73. The Kier molecular flexibility index (Phi) is 6.04. The maximum absolute atomic E-state index is 8.71. The van der Waals surface area contributed by atoms with Gasteiger partial charge in [-0.3, -0.25) is 0 Å². The third-order valence-electron chi connectivity index (χ3n) is 2.49. The summed E-state index contributed by atoms with van der Waals surface area (Å²) in [7, 11) is 0. The van der Waals surface area contributed by atoms with Gasteiger partial charge >= 0.3 is 0 Å². The first-order chi connectivity index (χ1) is 8.43. The van der Waals surface area contributed by atoms with Crippen LogP contribution in [0, 0.1) is 18.3 Å². The Labute approximate surface area is 127 Å². The minimum Gasteiger partial charge on any atom is -0.198 e. The summed E-state index contributed by atoms with van der Waals surface area (Å²) < 4.78 is -0.233. The zero-order chi connectivity index (χ0) is 13.8. The predicted octanol–water partition coefficient (Wildman–Crippen LogP) is 4.56. The SMILES string of the molecule is Cc1ccc(C(Cl)(Cl)N(Cl)C(CCl)CC#N)cc1. The van der Waals surface area contributed by atoms with E-state index >= 15 is 0 Å². The summed E-state index contributed by atoms with van der Waals surface area (Å²) in [6.45, 7) is 1.96. The second-order valence-corrected chi connectivity index (χ2v) is 5.85. The third kappa shape index (κ3) is 3.66. The van der Waals surface area contributed by atoms with Gasteiger partial charge in [0.2, 0.25) is 4.46 Å². The molecule has 0 bridgehead atoms. The second kappa shape index (κ2) is 6.84. The van der Waals surface area contributed by atoms with Crippen LogP contribution in [0.1, 0.15) is 17.5 Å². The van der Waals surface area contributed by atoms with Crippen molar-refractivity contribution in [3.63, 3.8) is 0 Å². The van der Waals surface area contributed by atoms with Gasteiger partial charge in [-0.2, -0.15) is 9.68 Å². The van der Waals surface area contributed by atoms with Crippen molar-refractivity contribution >= 4 is 46.6 Å². The predicted molar refractivity (Wildman–Crippen MR) is 77.0 cm³/mol. The van der Waals surface area contributed by atoms with E-state index in [9.17, 15) is 0 Å². The van der Waals surface area contributed by atoms with Gasteiger partial charge in [0.1, 0.15) is 0 Å². The molecular formula is C12H12Cl4N2. The normalized spacial score (nSPS) is 13.4. The first kappa shape index (κ1) is 15.9. The molecule has 0 aliphatic rings. The van der Waals surface area contributed by atoms with Crippen LogP contribution in [-0.4, -0.2) is 16.3 Å². The molecule has 0 aliphatic heterocycles. The van der Waals surface area contributed by atoms with E-state index in [0.717, 1.165) is 5.56 Å². The second-order valence-electron chi connectivity index (χ2n) is 3.89. The molecule has 0 heterocycles. The number of nitriles is 1. The van der Waals surface area contributed by atoms with E-state index in [2.05, 4.69) is 0 Å². The fourth-order valence-corrected chi connectivity index (χ4v) is 2.49. The van der Waals surface area contributed by atoms with Gasteiger partial charge < -0.3 is 0 Å². The Morgan fingerprint density at radius 3 is 2.33 bits per heavy atom. The molecule has 98 valence electrons. The summed E-state index contributed by atoms with van der Waals surface area (Å²) in [6, 6.07) is 8.95. The summed E-state index contributed by atoms with van der Waals surface area (Å²) >= 11 is 24.4. The molecule has 0 aromatic heterocycles. The van der Waals surface area contributed by atoms with E-state index < -0.39 is 10.5 Å². The number of rotatable bonds is 5. The fourth-order valence-electron chi connectivity index (χ4n) is 1.41. The number of nitrogens with zero attached hydrogens (tertiary/aromatic N) is 2. The van der Waals surface area contributed by atoms with Gasteiger partial charge in [-0.1, -0.05) is 53.0 Å². The quantitative estimate of drug-likeness (QED) is 0.451. The van der Waals surface area contributed by atoms with Gasteiger partial charge in [-0.25, -0.2) is 0 Å². The average molecular weight is 326 g/mol. The van der Waals surface area contributed by atoms with Gasteiger partial charge in [-0.05, 0) is 18.7 Å². The van der Waals surface area contributed by atoms with Gasteiger partial charge in [0, 0.05) is 11.4 Å². The first-order valence-corrected chi connectivity index (χ1v) is 6.89. The maximum Gasteiger partial charge on any atom is 0.210 e. The van der Waals surface area contributed by atoms with Crippen molar-refractivity contribution in [2.24, 2.45) is 0 Å². The van der Waals surface area contributed by atoms with E-state index in [-0.39, 0.29) is 12.3 Å². The topological polar surface area (TPSA) is 27.0 Å².